The molecule has 0 fully saturated rings. The molecule has 0 saturated carbocycles. The van der Waals surface area contributed by atoms with Crippen LogP contribution >= 0.6 is 11.8 Å². The molecule has 0 atom stereocenters. The first-order valence-corrected chi connectivity index (χ1v) is 10.2. The first kappa shape index (κ1) is 19.6. The molecule has 3 rings (SSSR count). The second kappa shape index (κ2) is 8.71. The van der Waals surface area contributed by atoms with Crippen LogP contribution in [0.25, 0.3) is 0 Å². The Morgan fingerprint density at radius 1 is 1.33 bits per heavy atom. The second-order valence-corrected chi connectivity index (χ2v) is 7.76. The molecule has 2 aromatic rings. The molecule has 0 bridgehead atoms. The molecule has 2 N–H and O–H groups in total. The number of aliphatic hydroxyl groups is 1. The maximum absolute atomic E-state index is 12.4. The molecule has 7 heteroatoms. The van der Waals surface area contributed by atoms with E-state index in [2.05, 4.69) is 10.3 Å². The summed E-state index contributed by atoms with van der Waals surface area (Å²) in [5.74, 6) is 0.110. The van der Waals surface area contributed by atoms with E-state index in [-0.39, 0.29) is 24.0 Å². The van der Waals surface area contributed by atoms with E-state index in [0.717, 1.165) is 47.3 Å². The summed E-state index contributed by atoms with van der Waals surface area (Å²) in [6.45, 7) is 4.54. The maximum atomic E-state index is 12.4. The highest BCUT2D eigenvalue weighted by Crippen LogP contribution is 2.29. The molecule has 0 radical (unpaired) electrons. The highest BCUT2D eigenvalue weighted by molar-refractivity contribution is 8.00. The van der Waals surface area contributed by atoms with Gasteiger partial charge in [-0.05, 0) is 56.7 Å². The summed E-state index contributed by atoms with van der Waals surface area (Å²) in [4.78, 5) is 29.0. The Kier molecular flexibility index (Phi) is 6.34. The van der Waals surface area contributed by atoms with Crippen molar-refractivity contribution in [3.05, 3.63) is 51.1 Å². The van der Waals surface area contributed by atoms with Crippen molar-refractivity contribution in [2.75, 3.05) is 17.7 Å². The fourth-order valence-corrected chi connectivity index (χ4v) is 4.25. The number of nitrogens with one attached hydrogen (secondary N) is 1. The van der Waals surface area contributed by atoms with E-state index >= 15 is 0 Å². The number of carbonyl (C=O) groups excluding carboxylic acids is 1. The zero-order chi connectivity index (χ0) is 19.4. The molecule has 27 heavy (non-hydrogen) atoms. The number of anilines is 1. The molecule has 1 aliphatic rings. The summed E-state index contributed by atoms with van der Waals surface area (Å²) in [6.07, 6.45) is 3.25. The van der Waals surface area contributed by atoms with Crippen LogP contribution in [-0.2, 0) is 24.2 Å². The molecule has 1 aliphatic carbocycles. The van der Waals surface area contributed by atoms with Gasteiger partial charge in [0.15, 0.2) is 0 Å². The molecule has 1 amide bonds. The fourth-order valence-electron chi connectivity index (χ4n) is 3.37. The molecule has 0 spiro atoms. The third kappa shape index (κ3) is 4.42. The van der Waals surface area contributed by atoms with Gasteiger partial charge in [0.25, 0.3) is 0 Å². The van der Waals surface area contributed by atoms with Crippen LogP contribution < -0.4 is 11.0 Å². The Labute approximate surface area is 163 Å². The van der Waals surface area contributed by atoms with Crippen LogP contribution in [0.4, 0.5) is 5.69 Å². The molecule has 0 aliphatic heterocycles. The van der Waals surface area contributed by atoms with Crippen LogP contribution in [-0.4, -0.2) is 32.9 Å². The number of benzene rings is 1. The summed E-state index contributed by atoms with van der Waals surface area (Å²) in [7, 11) is 0. The van der Waals surface area contributed by atoms with Crippen molar-refractivity contribution in [3.63, 3.8) is 0 Å². The fraction of sp³-hybridized carbons (Fsp3) is 0.450. The normalized spacial score (nSPS) is 12.9. The molecule has 6 nitrogen and oxygen atoms in total. The van der Waals surface area contributed by atoms with Gasteiger partial charge in [0, 0.05) is 30.1 Å². The van der Waals surface area contributed by atoms with Crippen LogP contribution in [0, 0.1) is 13.8 Å². The van der Waals surface area contributed by atoms with E-state index in [1.165, 1.54) is 11.8 Å². The van der Waals surface area contributed by atoms with Crippen molar-refractivity contribution in [2.24, 2.45) is 0 Å². The lowest BCUT2D eigenvalue weighted by Crippen LogP contribution is -2.28. The number of aliphatic hydroxyl groups excluding tert-OH is 1. The van der Waals surface area contributed by atoms with Gasteiger partial charge >= 0.3 is 5.69 Å². The van der Waals surface area contributed by atoms with Gasteiger partial charge < -0.3 is 10.4 Å². The lowest BCUT2D eigenvalue weighted by Gasteiger charge is -2.14. The first-order valence-electron chi connectivity index (χ1n) is 9.23. The van der Waals surface area contributed by atoms with Crippen molar-refractivity contribution < 1.29 is 9.90 Å². The molecular weight excluding hydrogens is 362 g/mol. The van der Waals surface area contributed by atoms with Crippen molar-refractivity contribution in [1.29, 1.82) is 0 Å². The van der Waals surface area contributed by atoms with E-state index in [4.69, 9.17) is 5.11 Å². The minimum atomic E-state index is -0.290. The largest absolute Gasteiger partial charge is 0.396 e. The number of fused-ring (bicyclic) bond motifs is 1. The van der Waals surface area contributed by atoms with E-state index in [9.17, 15) is 9.59 Å². The van der Waals surface area contributed by atoms with E-state index in [0.29, 0.717) is 18.0 Å². The third-order valence-corrected chi connectivity index (χ3v) is 5.98. The Morgan fingerprint density at radius 2 is 2.15 bits per heavy atom. The number of amides is 1. The first-order chi connectivity index (χ1) is 13.0. The van der Waals surface area contributed by atoms with Gasteiger partial charge in [-0.1, -0.05) is 23.9 Å². The highest BCUT2D eigenvalue weighted by atomic mass is 32.2. The predicted molar refractivity (Wildman–Crippen MR) is 107 cm³/mol. The minimum absolute atomic E-state index is 0.0518. The van der Waals surface area contributed by atoms with Gasteiger partial charge in [-0.25, -0.2) is 4.79 Å². The molecule has 1 aromatic carbocycles. The number of thioether (sulfide) groups is 1. The van der Waals surface area contributed by atoms with Crippen molar-refractivity contribution in [1.82, 2.24) is 9.55 Å². The summed E-state index contributed by atoms with van der Waals surface area (Å²) < 4.78 is 1.68. The van der Waals surface area contributed by atoms with Crippen LogP contribution in [0.1, 0.15) is 35.2 Å². The molecule has 0 saturated heterocycles. The lowest BCUT2D eigenvalue weighted by molar-refractivity contribution is -0.113. The quantitative estimate of drug-likeness (QED) is 0.563. The molecule has 1 aromatic heterocycles. The molecular formula is C20H25N3O3S. The van der Waals surface area contributed by atoms with Crippen LogP contribution in [0.5, 0.6) is 0 Å². The van der Waals surface area contributed by atoms with Gasteiger partial charge in [-0.3, -0.25) is 9.36 Å². The molecule has 0 unspecified atom stereocenters. The van der Waals surface area contributed by atoms with Crippen molar-refractivity contribution in [3.8, 4) is 0 Å². The number of nitrogens with zero attached hydrogens (tertiary/aromatic N) is 2. The number of hydrogen-bond acceptors (Lipinski definition) is 5. The van der Waals surface area contributed by atoms with E-state index in [1.807, 2.05) is 32.0 Å². The van der Waals surface area contributed by atoms with Gasteiger partial charge in [0.2, 0.25) is 5.91 Å². The average molecular weight is 388 g/mol. The summed E-state index contributed by atoms with van der Waals surface area (Å²) >= 11 is 1.32. The Hall–Kier alpha value is -2.12. The summed E-state index contributed by atoms with van der Waals surface area (Å²) in [5.41, 5.74) is 4.81. The van der Waals surface area contributed by atoms with Crippen molar-refractivity contribution in [2.45, 2.75) is 51.1 Å². The molecule has 144 valence electrons. The lowest BCUT2D eigenvalue weighted by atomic mass is 10.1. The van der Waals surface area contributed by atoms with Crippen LogP contribution in [0.3, 0.4) is 0 Å². The number of carbonyl (C=O) groups is 1. The maximum Gasteiger partial charge on any atom is 0.348 e. The van der Waals surface area contributed by atoms with Gasteiger partial charge in [-0.2, -0.15) is 4.98 Å². The van der Waals surface area contributed by atoms with E-state index < -0.39 is 0 Å². The topological polar surface area (TPSA) is 84.2 Å². The smallest absolute Gasteiger partial charge is 0.348 e. The Balaban J connectivity index is 1.72. The predicted octanol–water partition coefficient (Wildman–Crippen LogP) is 2.46. The summed E-state index contributed by atoms with van der Waals surface area (Å²) in [6, 6.07) is 5.83. The molecule has 1 heterocycles. The van der Waals surface area contributed by atoms with E-state index in [1.54, 1.807) is 4.57 Å². The SMILES string of the molecule is Cc1cccc(NC(=O)CSc2nc(=O)n(CCCO)c3c2CCC3)c1C. The Morgan fingerprint density at radius 3 is 2.93 bits per heavy atom. The highest BCUT2D eigenvalue weighted by Gasteiger charge is 2.22. The number of aromatic nitrogens is 2. The van der Waals surface area contributed by atoms with Crippen LogP contribution in [0.2, 0.25) is 0 Å². The Bertz CT molecular complexity index is 908. The average Bonchev–Trinajstić information content (AvgIpc) is 3.13. The van der Waals surface area contributed by atoms with Crippen LogP contribution in [0.15, 0.2) is 28.0 Å². The zero-order valence-corrected chi connectivity index (χ0v) is 16.6. The van der Waals surface area contributed by atoms with Gasteiger partial charge in [0.1, 0.15) is 5.03 Å². The number of rotatable bonds is 7. The second-order valence-electron chi connectivity index (χ2n) is 6.79. The number of aryl methyl sites for hydroxylation is 1. The van der Waals surface area contributed by atoms with Gasteiger partial charge in [0.05, 0.1) is 5.75 Å². The van der Waals surface area contributed by atoms with Crippen molar-refractivity contribution >= 4 is 23.4 Å². The van der Waals surface area contributed by atoms with Gasteiger partial charge in [-0.15, -0.1) is 0 Å². The number of hydrogen-bond donors (Lipinski definition) is 2. The third-order valence-electron chi connectivity index (χ3n) is 4.96. The summed E-state index contributed by atoms with van der Waals surface area (Å²) in [5, 5.41) is 12.7. The zero-order valence-electron chi connectivity index (χ0n) is 15.7. The standard InChI is InChI=1S/C20H25N3O3S/c1-13-6-3-8-16(14(13)2)21-18(25)12-27-19-15-7-4-9-17(15)23(10-5-11-24)20(26)22-19/h3,6,8,24H,4-5,7,9-12H2,1-2H3,(H,21,25). The monoisotopic (exact) mass is 387 g/mol. The minimum Gasteiger partial charge on any atom is -0.396 e.